The lowest BCUT2D eigenvalue weighted by Gasteiger charge is -2.14. The van der Waals surface area contributed by atoms with Crippen LogP contribution in [0.2, 0.25) is 0 Å². The molecule has 2 unspecified atom stereocenters. The quantitative estimate of drug-likeness (QED) is 0.817. The minimum Gasteiger partial charge on any atom is -0.481 e. The second-order valence-corrected chi connectivity index (χ2v) is 4.02. The van der Waals surface area contributed by atoms with Crippen LogP contribution in [0.1, 0.15) is 39.5 Å². The molecule has 0 saturated heterocycles. The van der Waals surface area contributed by atoms with Crippen molar-refractivity contribution in [1.82, 2.24) is 10.1 Å². The van der Waals surface area contributed by atoms with Gasteiger partial charge < -0.3 is 14.5 Å². The molecule has 0 aliphatic heterocycles. The van der Waals surface area contributed by atoms with Gasteiger partial charge in [0.25, 0.3) is 5.95 Å². The predicted molar refractivity (Wildman–Crippen MR) is 63.1 cm³/mol. The van der Waals surface area contributed by atoms with Gasteiger partial charge in [-0.15, -0.1) is 0 Å². The molecule has 1 heterocycles. The maximum absolute atomic E-state index is 10.9. The largest absolute Gasteiger partial charge is 0.481 e. The Morgan fingerprint density at radius 1 is 1.41 bits per heavy atom. The summed E-state index contributed by atoms with van der Waals surface area (Å²) in [5, 5.41) is 12.8. The third-order valence-corrected chi connectivity index (χ3v) is 3.01. The minimum atomic E-state index is -0.861. The Morgan fingerprint density at radius 2 is 2.00 bits per heavy atom. The molecule has 0 fully saturated rings. The summed E-state index contributed by atoms with van der Waals surface area (Å²) in [6.45, 7) is 8.99. The fraction of sp³-hybridized carbons (Fsp3) is 0.727. The summed E-state index contributed by atoms with van der Waals surface area (Å²) in [5.74, 6) is -0.791. The Kier molecular flexibility index (Phi) is 4.48. The van der Waals surface area contributed by atoms with E-state index >= 15 is 0 Å². The normalized spacial score (nSPS) is 14.4. The van der Waals surface area contributed by atoms with Crippen LogP contribution >= 0.6 is 0 Å². The van der Waals surface area contributed by atoms with Crippen molar-refractivity contribution in [2.24, 2.45) is 5.92 Å². The summed E-state index contributed by atoms with van der Waals surface area (Å²) in [5.41, 5.74) is 0. The molecule has 0 aromatic carbocycles. The Morgan fingerprint density at radius 3 is 2.47 bits per heavy atom. The Balaban J connectivity index is 2.83. The van der Waals surface area contributed by atoms with E-state index in [1.54, 1.807) is 13.8 Å². The van der Waals surface area contributed by atoms with Crippen LogP contribution in [-0.2, 0) is 4.79 Å². The van der Waals surface area contributed by atoms with Crippen LogP contribution in [0.15, 0.2) is 4.52 Å². The van der Waals surface area contributed by atoms with Crippen LogP contribution in [-0.4, -0.2) is 34.3 Å². The zero-order chi connectivity index (χ0) is 13.0. The highest BCUT2D eigenvalue weighted by Gasteiger charge is 2.26. The zero-order valence-electron chi connectivity index (χ0n) is 10.7. The number of carboxylic acid groups (broad SMARTS) is 1. The molecule has 0 radical (unpaired) electrons. The standard InChI is InChI=1S/C11H19N3O3/c1-5-14(6-2)11-12-9(17-13-11)7(3)8(4)10(15)16/h7-8H,5-6H2,1-4H3,(H,15,16). The van der Waals surface area contributed by atoms with Gasteiger partial charge in [0.15, 0.2) is 0 Å². The van der Waals surface area contributed by atoms with E-state index in [0.717, 1.165) is 13.1 Å². The lowest BCUT2D eigenvalue weighted by Crippen LogP contribution is -2.23. The lowest BCUT2D eigenvalue weighted by atomic mass is 9.96. The molecule has 2 atom stereocenters. The van der Waals surface area contributed by atoms with Crippen LogP contribution in [0, 0.1) is 5.92 Å². The van der Waals surface area contributed by atoms with Crippen molar-refractivity contribution in [2.45, 2.75) is 33.6 Å². The molecule has 1 aromatic rings. The zero-order valence-corrected chi connectivity index (χ0v) is 10.7. The first-order valence-electron chi connectivity index (χ1n) is 5.82. The van der Waals surface area contributed by atoms with Crippen molar-refractivity contribution in [3.05, 3.63) is 5.89 Å². The van der Waals surface area contributed by atoms with Crippen LogP contribution in [0.25, 0.3) is 0 Å². The summed E-state index contributed by atoms with van der Waals surface area (Å²) >= 11 is 0. The Hall–Kier alpha value is -1.59. The van der Waals surface area contributed by atoms with E-state index in [1.165, 1.54) is 0 Å². The van der Waals surface area contributed by atoms with Crippen LogP contribution < -0.4 is 4.90 Å². The first-order valence-corrected chi connectivity index (χ1v) is 5.82. The molecule has 1 rings (SSSR count). The SMILES string of the molecule is CCN(CC)c1noc(C(C)C(C)C(=O)O)n1. The monoisotopic (exact) mass is 241 g/mol. The van der Waals surface area contributed by atoms with Gasteiger partial charge in [0.2, 0.25) is 5.89 Å². The van der Waals surface area contributed by atoms with Crippen LogP contribution in [0.5, 0.6) is 0 Å². The number of rotatable bonds is 6. The molecule has 6 heteroatoms. The minimum absolute atomic E-state index is 0.288. The molecule has 6 nitrogen and oxygen atoms in total. The van der Waals surface area contributed by atoms with Gasteiger partial charge in [-0.1, -0.05) is 13.8 Å². The van der Waals surface area contributed by atoms with E-state index in [4.69, 9.17) is 9.63 Å². The number of aliphatic carboxylic acids is 1. The fourth-order valence-corrected chi connectivity index (χ4v) is 1.47. The van der Waals surface area contributed by atoms with Gasteiger partial charge in [0.05, 0.1) is 5.92 Å². The van der Waals surface area contributed by atoms with Crippen molar-refractivity contribution >= 4 is 11.9 Å². The second kappa shape index (κ2) is 5.65. The second-order valence-electron chi connectivity index (χ2n) is 4.02. The van der Waals surface area contributed by atoms with Crippen LogP contribution in [0.3, 0.4) is 0 Å². The molecule has 1 aromatic heterocycles. The van der Waals surface area contributed by atoms with Gasteiger partial charge >= 0.3 is 5.97 Å². The number of aromatic nitrogens is 2. The molecule has 0 aliphatic carbocycles. The van der Waals surface area contributed by atoms with Crippen molar-refractivity contribution in [3.8, 4) is 0 Å². The van der Waals surface area contributed by atoms with Gasteiger partial charge in [-0.25, -0.2) is 0 Å². The summed E-state index contributed by atoms with van der Waals surface area (Å²) in [6.07, 6.45) is 0. The molecular weight excluding hydrogens is 222 g/mol. The molecule has 0 bridgehead atoms. The van der Waals surface area contributed by atoms with E-state index in [1.807, 2.05) is 18.7 Å². The molecule has 0 spiro atoms. The number of carbonyl (C=O) groups is 1. The van der Waals surface area contributed by atoms with Gasteiger partial charge in [0.1, 0.15) is 0 Å². The number of nitrogens with zero attached hydrogens (tertiary/aromatic N) is 3. The summed E-state index contributed by atoms with van der Waals surface area (Å²) in [4.78, 5) is 17.1. The molecular formula is C11H19N3O3. The molecule has 96 valence electrons. The number of anilines is 1. The van der Waals surface area contributed by atoms with Gasteiger partial charge in [-0.3, -0.25) is 4.79 Å². The Labute approximate surface area is 101 Å². The van der Waals surface area contributed by atoms with Crippen molar-refractivity contribution in [1.29, 1.82) is 0 Å². The number of hydrogen-bond acceptors (Lipinski definition) is 5. The van der Waals surface area contributed by atoms with E-state index in [9.17, 15) is 4.79 Å². The van der Waals surface area contributed by atoms with E-state index in [0.29, 0.717) is 11.8 Å². The fourth-order valence-electron chi connectivity index (χ4n) is 1.47. The highest BCUT2D eigenvalue weighted by Crippen LogP contribution is 2.24. The van der Waals surface area contributed by atoms with E-state index in [-0.39, 0.29) is 5.92 Å². The molecule has 1 N–H and O–H groups in total. The lowest BCUT2D eigenvalue weighted by molar-refractivity contribution is -0.141. The average molecular weight is 241 g/mol. The third-order valence-electron chi connectivity index (χ3n) is 3.01. The smallest absolute Gasteiger partial charge is 0.307 e. The molecule has 0 amide bonds. The maximum Gasteiger partial charge on any atom is 0.307 e. The molecule has 0 saturated carbocycles. The van der Waals surface area contributed by atoms with E-state index < -0.39 is 11.9 Å². The van der Waals surface area contributed by atoms with Crippen molar-refractivity contribution in [3.63, 3.8) is 0 Å². The summed E-state index contributed by atoms with van der Waals surface area (Å²) in [7, 11) is 0. The van der Waals surface area contributed by atoms with Crippen LogP contribution in [0.4, 0.5) is 5.95 Å². The van der Waals surface area contributed by atoms with Gasteiger partial charge in [-0.05, 0) is 19.0 Å². The molecule has 17 heavy (non-hydrogen) atoms. The molecule has 0 aliphatic rings. The van der Waals surface area contributed by atoms with E-state index in [2.05, 4.69) is 10.1 Å². The van der Waals surface area contributed by atoms with Crippen molar-refractivity contribution in [2.75, 3.05) is 18.0 Å². The summed E-state index contributed by atoms with van der Waals surface area (Å²) in [6, 6.07) is 0. The van der Waals surface area contributed by atoms with Crippen molar-refractivity contribution < 1.29 is 14.4 Å². The Bertz CT molecular complexity index is 374. The topological polar surface area (TPSA) is 79.5 Å². The number of hydrogen-bond donors (Lipinski definition) is 1. The van der Waals surface area contributed by atoms with Gasteiger partial charge in [0, 0.05) is 19.0 Å². The highest BCUT2D eigenvalue weighted by molar-refractivity contribution is 5.70. The first-order chi connectivity index (χ1) is 8.01. The predicted octanol–water partition coefficient (Wildman–Crippen LogP) is 1.74. The highest BCUT2D eigenvalue weighted by atomic mass is 16.5. The summed E-state index contributed by atoms with van der Waals surface area (Å²) < 4.78 is 5.12. The van der Waals surface area contributed by atoms with Gasteiger partial charge in [-0.2, -0.15) is 4.98 Å². The number of carboxylic acids is 1. The third kappa shape index (κ3) is 2.95. The first kappa shape index (κ1) is 13.5. The maximum atomic E-state index is 10.9. The average Bonchev–Trinajstić information content (AvgIpc) is 2.78.